The normalized spacial score (nSPS) is 14.4. The van der Waals surface area contributed by atoms with Crippen molar-refractivity contribution >= 4 is 69.8 Å². The lowest BCUT2D eigenvalue weighted by molar-refractivity contribution is -0.159. The zero-order valence-electron chi connectivity index (χ0n) is 15.8. The summed E-state index contributed by atoms with van der Waals surface area (Å²) in [6.07, 6.45) is 3.04. The second kappa shape index (κ2) is 11.3. The van der Waals surface area contributed by atoms with Gasteiger partial charge >= 0.3 is 11.9 Å². The highest BCUT2D eigenvalue weighted by molar-refractivity contribution is 14.1. The van der Waals surface area contributed by atoms with Crippen molar-refractivity contribution in [3.63, 3.8) is 0 Å². The number of rotatable bonds is 5. The predicted molar refractivity (Wildman–Crippen MR) is 118 cm³/mol. The summed E-state index contributed by atoms with van der Waals surface area (Å²) in [5.74, 6) is -3.54. The Balaban J connectivity index is 0.000000656. The van der Waals surface area contributed by atoms with E-state index in [2.05, 4.69) is 34.5 Å². The van der Waals surface area contributed by atoms with E-state index in [4.69, 9.17) is 41.5 Å². The molecule has 0 saturated carbocycles. The number of hydrogen-bond acceptors (Lipinski definition) is 7. The quantitative estimate of drug-likeness (QED) is 0.124. The first-order valence-corrected chi connectivity index (χ1v) is 9.43. The van der Waals surface area contributed by atoms with Gasteiger partial charge in [-0.15, -0.1) is 6.58 Å². The maximum atomic E-state index is 12.5. The molecule has 0 atom stereocenters. The topological polar surface area (TPSA) is 142 Å². The minimum atomic E-state index is -1.82. The van der Waals surface area contributed by atoms with Crippen LogP contribution in [0.3, 0.4) is 0 Å². The van der Waals surface area contributed by atoms with Crippen molar-refractivity contribution in [2.45, 2.75) is 0 Å². The number of carboxylic acids is 2. The number of carbonyl (C=O) groups excluding carboxylic acids is 2. The molecule has 160 valence electrons. The number of hydrogen-bond donors (Lipinski definition) is 3. The fraction of sp³-hybridized carbons (Fsp3) is 0.167. The minimum absolute atomic E-state index is 0.00605. The third-order valence-electron chi connectivity index (χ3n) is 3.45. The Morgan fingerprint density at radius 3 is 2.30 bits per heavy atom. The van der Waals surface area contributed by atoms with Crippen molar-refractivity contribution < 1.29 is 38.9 Å². The van der Waals surface area contributed by atoms with E-state index < -0.39 is 23.8 Å². The standard InChI is InChI=1S/C16H15IN2O4S.C2H2O4/c1-4-5-19-15(21)10(14(20)18-16(19)24)6-9-7-11(17)13(23-3)12(8-9)22-2;3-1(4)2(5)6/h4,6-8H,1,5H2,2-3H3,(H,18,20,24);(H,3,4)(H,5,6)/b10-6+;. The molecule has 0 unspecified atom stereocenters. The van der Waals surface area contributed by atoms with Crippen LogP contribution in [-0.2, 0) is 19.2 Å². The molecule has 2 amide bonds. The molecular formula is C18H17IN2O8S. The lowest BCUT2D eigenvalue weighted by atomic mass is 10.1. The SMILES string of the molecule is C=CCN1C(=O)/C(=C/c2cc(I)c(OC)c(OC)c2)C(=O)NC1=S.O=C(O)C(=O)O. The van der Waals surface area contributed by atoms with Crippen molar-refractivity contribution in [2.24, 2.45) is 0 Å². The van der Waals surface area contributed by atoms with E-state index in [-0.39, 0.29) is 17.2 Å². The van der Waals surface area contributed by atoms with Crippen LogP contribution in [0.4, 0.5) is 0 Å². The van der Waals surface area contributed by atoms with Crippen LogP contribution in [0.15, 0.2) is 30.4 Å². The Labute approximate surface area is 190 Å². The second-order valence-electron chi connectivity index (χ2n) is 5.37. The lowest BCUT2D eigenvalue weighted by Gasteiger charge is -2.27. The van der Waals surface area contributed by atoms with Crippen molar-refractivity contribution in [1.82, 2.24) is 10.2 Å². The molecule has 1 saturated heterocycles. The molecule has 1 aromatic carbocycles. The predicted octanol–water partition coefficient (Wildman–Crippen LogP) is 1.28. The molecule has 1 heterocycles. The fourth-order valence-corrected chi connectivity index (χ4v) is 3.27. The van der Waals surface area contributed by atoms with Gasteiger partial charge in [0.25, 0.3) is 11.8 Å². The summed E-state index contributed by atoms with van der Waals surface area (Å²) in [5, 5.41) is 17.4. The molecule has 1 fully saturated rings. The van der Waals surface area contributed by atoms with Gasteiger partial charge in [-0.2, -0.15) is 0 Å². The molecule has 1 aliphatic rings. The van der Waals surface area contributed by atoms with Gasteiger partial charge in [-0.3, -0.25) is 19.8 Å². The Hall–Kier alpha value is -3.00. The molecule has 0 spiro atoms. The number of methoxy groups -OCH3 is 2. The van der Waals surface area contributed by atoms with Gasteiger partial charge in [0, 0.05) is 6.54 Å². The van der Waals surface area contributed by atoms with Gasteiger partial charge < -0.3 is 19.7 Å². The van der Waals surface area contributed by atoms with Crippen LogP contribution in [0.2, 0.25) is 0 Å². The first-order valence-electron chi connectivity index (χ1n) is 7.94. The zero-order valence-corrected chi connectivity index (χ0v) is 18.8. The summed E-state index contributed by atoms with van der Waals surface area (Å²) in [7, 11) is 3.07. The Kier molecular flexibility index (Phi) is 9.39. The van der Waals surface area contributed by atoms with E-state index in [0.717, 1.165) is 3.57 Å². The highest BCUT2D eigenvalue weighted by Crippen LogP contribution is 2.34. The summed E-state index contributed by atoms with van der Waals surface area (Å²) in [5.41, 5.74) is 0.635. The number of aliphatic carboxylic acids is 2. The summed E-state index contributed by atoms with van der Waals surface area (Å²) in [6, 6.07) is 3.49. The van der Waals surface area contributed by atoms with Gasteiger partial charge in [0.1, 0.15) is 5.57 Å². The summed E-state index contributed by atoms with van der Waals surface area (Å²) >= 11 is 7.11. The third-order valence-corrected chi connectivity index (χ3v) is 4.57. The van der Waals surface area contributed by atoms with Crippen LogP contribution in [-0.4, -0.2) is 64.7 Å². The molecule has 2 rings (SSSR count). The van der Waals surface area contributed by atoms with Gasteiger partial charge in [0.15, 0.2) is 16.6 Å². The Bertz CT molecular complexity index is 932. The first-order chi connectivity index (χ1) is 14.1. The molecule has 1 aromatic rings. The van der Waals surface area contributed by atoms with Crippen molar-refractivity contribution in [2.75, 3.05) is 20.8 Å². The Morgan fingerprint density at radius 1 is 1.23 bits per heavy atom. The molecule has 1 aliphatic heterocycles. The van der Waals surface area contributed by atoms with Gasteiger partial charge in [0.05, 0.1) is 17.8 Å². The molecular weight excluding hydrogens is 531 g/mol. The van der Waals surface area contributed by atoms with Crippen LogP contribution >= 0.6 is 34.8 Å². The fourth-order valence-electron chi connectivity index (χ4n) is 2.18. The van der Waals surface area contributed by atoms with E-state index in [9.17, 15) is 9.59 Å². The maximum Gasteiger partial charge on any atom is 0.414 e. The van der Waals surface area contributed by atoms with Gasteiger partial charge in [0.2, 0.25) is 0 Å². The molecule has 0 aromatic heterocycles. The van der Waals surface area contributed by atoms with Crippen molar-refractivity contribution in [3.8, 4) is 11.5 Å². The van der Waals surface area contributed by atoms with E-state index >= 15 is 0 Å². The summed E-state index contributed by atoms with van der Waals surface area (Å²) in [4.78, 5) is 44.1. The zero-order chi connectivity index (χ0) is 23.0. The molecule has 30 heavy (non-hydrogen) atoms. The maximum absolute atomic E-state index is 12.5. The number of halogens is 1. The number of nitrogens with zero attached hydrogens (tertiary/aromatic N) is 1. The average molecular weight is 548 g/mol. The number of carboxylic acid groups (broad SMARTS) is 2. The summed E-state index contributed by atoms with van der Waals surface area (Å²) < 4.78 is 11.4. The van der Waals surface area contributed by atoms with Crippen LogP contribution < -0.4 is 14.8 Å². The van der Waals surface area contributed by atoms with E-state index in [1.165, 1.54) is 18.1 Å². The minimum Gasteiger partial charge on any atom is -0.493 e. The van der Waals surface area contributed by atoms with Crippen molar-refractivity contribution in [1.29, 1.82) is 0 Å². The molecule has 0 radical (unpaired) electrons. The molecule has 10 nitrogen and oxygen atoms in total. The number of carbonyl (C=O) groups is 4. The van der Waals surface area contributed by atoms with Crippen molar-refractivity contribution in [3.05, 3.63) is 39.5 Å². The molecule has 0 bridgehead atoms. The van der Waals surface area contributed by atoms with E-state index in [0.29, 0.717) is 17.1 Å². The number of amides is 2. The van der Waals surface area contributed by atoms with Crippen LogP contribution in [0.1, 0.15) is 5.56 Å². The first kappa shape index (κ1) is 25.0. The van der Waals surface area contributed by atoms with Gasteiger partial charge in [-0.25, -0.2) is 9.59 Å². The largest absolute Gasteiger partial charge is 0.493 e. The lowest BCUT2D eigenvalue weighted by Crippen LogP contribution is -2.53. The smallest absolute Gasteiger partial charge is 0.414 e. The van der Waals surface area contributed by atoms with Crippen LogP contribution in [0.5, 0.6) is 11.5 Å². The second-order valence-corrected chi connectivity index (χ2v) is 6.92. The highest BCUT2D eigenvalue weighted by Gasteiger charge is 2.32. The average Bonchev–Trinajstić information content (AvgIpc) is 2.68. The molecule has 12 heteroatoms. The van der Waals surface area contributed by atoms with E-state index in [1.807, 2.05) is 0 Å². The summed E-state index contributed by atoms with van der Waals surface area (Å²) in [6.45, 7) is 3.81. The number of benzene rings is 1. The molecule has 0 aliphatic carbocycles. The van der Waals surface area contributed by atoms with Gasteiger partial charge in [-0.05, 0) is 58.6 Å². The monoisotopic (exact) mass is 548 g/mol. The van der Waals surface area contributed by atoms with Crippen LogP contribution in [0.25, 0.3) is 6.08 Å². The highest BCUT2D eigenvalue weighted by atomic mass is 127. The van der Waals surface area contributed by atoms with Gasteiger partial charge in [-0.1, -0.05) is 6.08 Å². The Morgan fingerprint density at radius 2 is 1.83 bits per heavy atom. The van der Waals surface area contributed by atoms with Crippen LogP contribution in [0, 0.1) is 3.57 Å². The number of ether oxygens (including phenoxy) is 2. The molecule has 3 N–H and O–H groups in total. The van der Waals surface area contributed by atoms with E-state index in [1.54, 1.807) is 25.3 Å². The third kappa shape index (κ3) is 6.25. The number of thiocarbonyl (C=S) groups is 1. The number of nitrogens with one attached hydrogen (secondary N) is 1.